The van der Waals surface area contributed by atoms with Gasteiger partial charge in [-0.1, -0.05) is 0 Å². The number of halogens is 1. The summed E-state index contributed by atoms with van der Waals surface area (Å²) in [5.41, 5.74) is 0.513. The fourth-order valence-electron chi connectivity index (χ4n) is 2.65. The molecular formula is C16H25ClN2O3. The third kappa shape index (κ3) is 5.07. The Kier molecular flexibility index (Phi) is 8.06. The molecule has 1 atom stereocenters. The molecule has 5 nitrogen and oxygen atoms in total. The van der Waals surface area contributed by atoms with E-state index in [1.807, 2.05) is 0 Å². The Bertz CT molecular complexity index is 476. The van der Waals surface area contributed by atoms with Crippen LogP contribution in [0.2, 0.25) is 0 Å². The van der Waals surface area contributed by atoms with Crippen molar-refractivity contribution >= 4 is 18.3 Å². The van der Waals surface area contributed by atoms with E-state index in [1.54, 1.807) is 32.4 Å². The summed E-state index contributed by atoms with van der Waals surface area (Å²) in [6.07, 6.45) is 3.47. The van der Waals surface area contributed by atoms with Gasteiger partial charge in [-0.05, 0) is 56.5 Å². The van der Waals surface area contributed by atoms with Gasteiger partial charge >= 0.3 is 0 Å². The average Bonchev–Trinajstić information content (AvgIpc) is 2.55. The third-order valence-corrected chi connectivity index (χ3v) is 3.89. The predicted molar refractivity (Wildman–Crippen MR) is 89.3 cm³/mol. The first-order chi connectivity index (χ1) is 10.2. The Hall–Kier alpha value is -1.46. The maximum atomic E-state index is 12.3. The summed E-state index contributed by atoms with van der Waals surface area (Å²) < 4.78 is 10.4. The van der Waals surface area contributed by atoms with Gasteiger partial charge in [0.25, 0.3) is 5.91 Å². The van der Waals surface area contributed by atoms with Crippen LogP contribution in [0.4, 0.5) is 0 Å². The van der Waals surface area contributed by atoms with Crippen LogP contribution >= 0.6 is 12.4 Å². The van der Waals surface area contributed by atoms with E-state index >= 15 is 0 Å². The standard InChI is InChI=1S/C16H24N2O3.ClH/c1-20-13-5-6-15(21-2)14(10-13)16(19)18-9-7-12-4-3-8-17-11-12;/h5-6,10,12,17H,3-4,7-9,11H2,1-2H3,(H,18,19);1H. The minimum absolute atomic E-state index is 0. The van der Waals surface area contributed by atoms with Crippen molar-refractivity contribution in [2.75, 3.05) is 33.9 Å². The van der Waals surface area contributed by atoms with Crippen LogP contribution in [0.15, 0.2) is 18.2 Å². The normalized spacial score (nSPS) is 17.3. The first kappa shape index (κ1) is 18.6. The van der Waals surface area contributed by atoms with Crippen molar-refractivity contribution in [3.63, 3.8) is 0 Å². The lowest BCUT2D eigenvalue weighted by Crippen LogP contribution is -2.33. The molecule has 22 heavy (non-hydrogen) atoms. The quantitative estimate of drug-likeness (QED) is 0.841. The van der Waals surface area contributed by atoms with Gasteiger partial charge in [0.15, 0.2) is 0 Å². The second-order valence-electron chi connectivity index (χ2n) is 5.32. The molecule has 1 aliphatic rings. The lowest BCUT2D eigenvalue weighted by molar-refractivity contribution is 0.0947. The Labute approximate surface area is 138 Å². The summed E-state index contributed by atoms with van der Waals surface area (Å²) in [5.74, 6) is 1.76. The molecule has 0 aromatic heterocycles. The van der Waals surface area contributed by atoms with Crippen LogP contribution in [0.25, 0.3) is 0 Å². The molecule has 0 bridgehead atoms. The molecule has 1 heterocycles. The summed E-state index contributed by atoms with van der Waals surface area (Å²) in [4.78, 5) is 12.3. The molecule has 1 fully saturated rings. The molecule has 1 saturated heterocycles. The van der Waals surface area contributed by atoms with Gasteiger partial charge in [-0.25, -0.2) is 0 Å². The highest BCUT2D eigenvalue weighted by Gasteiger charge is 2.15. The lowest BCUT2D eigenvalue weighted by Gasteiger charge is -2.22. The zero-order valence-corrected chi connectivity index (χ0v) is 14.0. The fourth-order valence-corrected chi connectivity index (χ4v) is 2.65. The van der Waals surface area contributed by atoms with Gasteiger partial charge in [-0.3, -0.25) is 4.79 Å². The number of rotatable bonds is 6. The summed E-state index contributed by atoms with van der Waals surface area (Å²) in [6, 6.07) is 5.23. The van der Waals surface area contributed by atoms with Crippen LogP contribution in [-0.4, -0.2) is 39.8 Å². The van der Waals surface area contributed by atoms with Crippen molar-refractivity contribution in [1.29, 1.82) is 0 Å². The van der Waals surface area contributed by atoms with Crippen LogP contribution in [0.3, 0.4) is 0 Å². The molecule has 6 heteroatoms. The number of amides is 1. The number of piperidine rings is 1. The van der Waals surface area contributed by atoms with Gasteiger partial charge in [0.1, 0.15) is 11.5 Å². The summed E-state index contributed by atoms with van der Waals surface area (Å²) >= 11 is 0. The number of nitrogens with one attached hydrogen (secondary N) is 2. The Morgan fingerprint density at radius 1 is 1.36 bits per heavy atom. The summed E-state index contributed by atoms with van der Waals surface area (Å²) in [6.45, 7) is 2.85. The minimum atomic E-state index is -0.116. The van der Waals surface area contributed by atoms with E-state index in [4.69, 9.17) is 9.47 Å². The van der Waals surface area contributed by atoms with Gasteiger partial charge in [0.05, 0.1) is 19.8 Å². The number of ether oxygens (including phenoxy) is 2. The second kappa shape index (κ2) is 9.54. The molecule has 1 aromatic rings. The number of carbonyl (C=O) groups excluding carboxylic acids is 1. The number of carbonyl (C=O) groups is 1. The highest BCUT2D eigenvalue weighted by Crippen LogP contribution is 2.23. The summed E-state index contributed by atoms with van der Waals surface area (Å²) in [7, 11) is 3.14. The molecular weight excluding hydrogens is 304 g/mol. The van der Waals surface area contributed by atoms with Gasteiger partial charge in [0, 0.05) is 6.54 Å². The molecule has 1 aromatic carbocycles. The van der Waals surface area contributed by atoms with Crippen molar-refractivity contribution in [3.05, 3.63) is 23.8 Å². The van der Waals surface area contributed by atoms with E-state index in [0.29, 0.717) is 29.5 Å². The van der Waals surface area contributed by atoms with E-state index in [0.717, 1.165) is 19.5 Å². The maximum Gasteiger partial charge on any atom is 0.255 e. The molecule has 1 amide bonds. The highest BCUT2D eigenvalue weighted by atomic mass is 35.5. The topological polar surface area (TPSA) is 59.6 Å². The van der Waals surface area contributed by atoms with Crippen LogP contribution in [0, 0.1) is 5.92 Å². The fraction of sp³-hybridized carbons (Fsp3) is 0.562. The molecule has 2 N–H and O–H groups in total. The number of methoxy groups -OCH3 is 2. The first-order valence-electron chi connectivity index (χ1n) is 7.45. The SMILES string of the molecule is COc1ccc(OC)c(C(=O)NCCC2CCCNC2)c1.Cl. The lowest BCUT2D eigenvalue weighted by atomic mass is 9.96. The van der Waals surface area contributed by atoms with Gasteiger partial charge in [-0.2, -0.15) is 0 Å². The molecule has 0 saturated carbocycles. The van der Waals surface area contributed by atoms with E-state index in [2.05, 4.69) is 10.6 Å². The molecule has 1 unspecified atom stereocenters. The molecule has 2 rings (SSSR count). The van der Waals surface area contributed by atoms with Gasteiger partial charge in [-0.15, -0.1) is 12.4 Å². The molecule has 0 aliphatic carbocycles. The van der Waals surface area contributed by atoms with Crippen molar-refractivity contribution in [3.8, 4) is 11.5 Å². The van der Waals surface area contributed by atoms with Crippen molar-refractivity contribution in [2.24, 2.45) is 5.92 Å². The number of benzene rings is 1. The van der Waals surface area contributed by atoms with Crippen LogP contribution in [0.1, 0.15) is 29.6 Å². The molecule has 1 aliphatic heterocycles. The Morgan fingerprint density at radius 3 is 2.82 bits per heavy atom. The van der Waals surface area contributed by atoms with E-state index in [-0.39, 0.29) is 18.3 Å². The van der Waals surface area contributed by atoms with Crippen molar-refractivity contribution in [1.82, 2.24) is 10.6 Å². The number of hydrogen-bond donors (Lipinski definition) is 2. The van der Waals surface area contributed by atoms with Crippen LogP contribution < -0.4 is 20.1 Å². The Balaban J connectivity index is 0.00000242. The molecule has 124 valence electrons. The minimum Gasteiger partial charge on any atom is -0.497 e. The van der Waals surface area contributed by atoms with Crippen molar-refractivity contribution in [2.45, 2.75) is 19.3 Å². The van der Waals surface area contributed by atoms with Gasteiger partial charge < -0.3 is 20.1 Å². The van der Waals surface area contributed by atoms with Crippen LogP contribution in [-0.2, 0) is 0 Å². The van der Waals surface area contributed by atoms with Crippen LogP contribution in [0.5, 0.6) is 11.5 Å². The van der Waals surface area contributed by atoms with E-state index in [9.17, 15) is 4.79 Å². The number of hydrogen-bond acceptors (Lipinski definition) is 4. The van der Waals surface area contributed by atoms with Gasteiger partial charge in [0.2, 0.25) is 0 Å². The molecule has 0 spiro atoms. The first-order valence-corrected chi connectivity index (χ1v) is 7.45. The average molecular weight is 329 g/mol. The highest BCUT2D eigenvalue weighted by molar-refractivity contribution is 5.97. The molecule has 0 radical (unpaired) electrons. The monoisotopic (exact) mass is 328 g/mol. The summed E-state index contributed by atoms with van der Waals surface area (Å²) in [5, 5.41) is 6.36. The smallest absolute Gasteiger partial charge is 0.255 e. The van der Waals surface area contributed by atoms with E-state index in [1.165, 1.54) is 12.8 Å². The maximum absolute atomic E-state index is 12.3. The second-order valence-corrected chi connectivity index (χ2v) is 5.32. The van der Waals surface area contributed by atoms with E-state index < -0.39 is 0 Å². The Morgan fingerprint density at radius 2 is 2.18 bits per heavy atom. The predicted octanol–water partition coefficient (Wildman–Crippen LogP) is 2.25. The third-order valence-electron chi connectivity index (χ3n) is 3.89. The largest absolute Gasteiger partial charge is 0.497 e. The zero-order chi connectivity index (χ0) is 15.1. The zero-order valence-electron chi connectivity index (χ0n) is 13.2. The van der Waals surface area contributed by atoms with Crippen molar-refractivity contribution < 1.29 is 14.3 Å².